The number of rotatable bonds is 21. The van der Waals surface area contributed by atoms with Crippen LogP contribution in [0.4, 0.5) is 0 Å². The van der Waals surface area contributed by atoms with Crippen molar-refractivity contribution in [2.24, 2.45) is 0 Å². The van der Waals surface area contributed by atoms with Gasteiger partial charge in [0.25, 0.3) is 0 Å². The van der Waals surface area contributed by atoms with Crippen molar-refractivity contribution in [2.45, 2.75) is 136 Å². The van der Waals surface area contributed by atoms with Crippen molar-refractivity contribution in [3.05, 3.63) is 0 Å². The van der Waals surface area contributed by atoms with Gasteiger partial charge in [-0.3, -0.25) is 0 Å². The highest BCUT2D eigenvalue weighted by atomic mass is 35.5. The first-order valence-electron chi connectivity index (χ1n) is 12.1. The molecule has 0 aromatic carbocycles. The molecular weight excluding hydrogens is 338 g/mol. The van der Waals surface area contributed by atoms with E-state index in [1.807, 2.05) is 0 Å². The van der Waals surface area contributed by atoms with Gasteiger partial charge in [-0.15, -0.1) is 0 Å². The zero-order chi connectivity index (χ0) is 18.4. The number of unbranched alkanes of at least 4 members (excludes halogenated alkanes) is 15. The fraction of sp³-hybridized carbons (Fsp3) is 1.00. The Kier molecular flexibility index (Phi) is 27.6. The maximum atomic E-state index is 2.79. The number of nitrogens with zero attached hydrogens (tertiary/aromatic N) is 1. The fourth-order valence-corrected chi connectivity index (χ4v) is 3.68. The van der Waals surface area contributed by atoms with Gasteiger partial charge in [-0.1, -0.05) is 117 Å². The summed E-state index contributed by atoms with van der Waals surface area (Å²) in [6, 6.07) is 0. The molecule has 0 heterocycles. The van der Waals surface area contributed by atoms with Gasteiger partial charge in [0.15, 0.2) is 0 Å². The zero-order valence-electron chi connectivity index (χ0n) is 18.7. The third kappa shape index (κ3) is 22.3. The topological polar surface area (TPSA) is 3.24 Å². The molecule has 0 aromatic heterocycles. The second-order valence-corrected chi connectivity index (χ2v) is 8.14. The molecule has 0 aliphatic heterocycles. The van der Waals surface area contributed by atoms with E-state index in [-0.39, 0.29) is 12.4 Å². The Labute approximate surface area is 173 Å². The lowest BCUT2D eigenvalue weighted by Crippen LogP contribution is -3.00. The van der Waals surface area contributed by atoms with Gasteiger partial charge in [0.1, 0.15) is 0 Å². The van der Waals surface area contributed by atoms with Gasteiger partial charge in [-0.05, 0) is 38.9 Å². The molecule has 0 N–H and O–H groups in total. The molecular formula is C24H51ClN-. The molecule has 0 saturated heterocycles. The van der Waals surface area contributed by atoms with Crippen LogP contribution in [0.15, 0.2) is 0 Å². The van der Waals surface area contributed by atoms with Crippen molar-refractivity contribution in [1.29, 1.82) is 0 Å². The summed E-state index contributed by atoms with van der Waals surface area (Å²) >= 11 is 0. The second kappa shape index (κ2) is 25.2. The Morgan fingerprint density at radius 3 is 0.846 bits per heavy atom. The van der Waals surface area contributed by atoms with E-state index in [0.717, 1.165) is 0 Å². The highest BCUT2D eigenvalue weighted by Gasteiger charge is 2.05. The lowest BCUT2D eigenvalue weighted by atomic mass is 10.1. The molecule has 0 aliphatic carbocycles. The number of hydrogen-bond donors (Lipinski definition) is 0. The SMILES string of the molecule is CCCCCCCCN(CCCCCCCC)CCCCCCCC.[Cl-]. The summed E-state index contributed by atoms with van der Waals surface area (Å²) < 4.78 is 0. The van der Waals surface area contributed by atoms with Crippen molar-refractivity contribution in [1.82, 2.24) is 4.90 Å². The predicted octanol–water partition coefficient (Wildman–Crippen LogP) is 5.37. The van der Waals surface area contributed by atoms with Crippen molar-refractivity contribution in [2.75, 3.05) is 19.6 Å². The second-order valence-electron chi connectivity index (χ2n) is 8.14. The Morgan fingerprint density at radius 1 is 0.346 bits per heavy atom. The summed E-state index contributed by atoms with van der Waals surface area (Å²) in [5.74, 6) is 0. The van der Waals surface area contributed by atoms with Gasteiger partial charge in [-0.25, -0.2) is 0 Å². The van der Waals surface area contributed by atoms with Gasteiger partial charge in [0.05, 0.1) is 0 Å². The van der Waals surface area contributed by atoms with Crippen LogP contribution in [0.5, 0.6) is 0 Å². The molecule has 160 valence electrons. The standard InChI is InChI=1S/C24H51N.ClH/c1-4-7-10-13-16-19-22-25(23-20-17-14-11-8-5-2)24-21-18-15-12-9-6-3;/h4-24H2,1-3H3;1H/p-1. The van der Waals surface area contributed by atoms with E-state index in [0.29, 0.717) is 0 Å². The minimum absolute atomic E-state index is 0. The number of halogens is 1. The molecule has 0 unspecified atom stereocenters. The average molecular weight is 389 g/mol. The van der Waals surface area contributed by atoms with E-state index in [9.17, 15) is 0 Å². The maximum absolute atomic E-state index is 2.79. The Hall–Kier alpha value is 0.250. The van der Waals surface area contributed by atoms with E-state index < -0.39 is 0 Å². The summed E-state index contributed by atoms with van der Waals surface area (Å²) in [7, 11) is 0. The minimum atomic E-state index is 0. The van der Waals surface area contributed by atoms with Crippen LogP contribution in [0.1, 0.15) is 136 Å². The molecule has 0 fully saturated rings. The summed E-state index contributed by atoms with van der Waals surface area (Å²) in [4.78, 5) is 2.79. The molecule has 0 spiro atoms. The summed E-state index contributed by atoms with van der Waals surface area (Å²) in [5.41, 5.74) is 0. The maximum Gasteiger partial charge on any atom is -0.00187 e. The van der Waals surface area contributed by atoms with Crippen molar-refractivity contribution in [3.8, 4) is 0 Å². The largest absolute Gasteiger partial charge is 1.00 e. The van der Waals surface area contributed by atoms with E-state index in [4.69, 9.17) is 0 Å². The van der Waals surface area contributed by atoms with Crippen LogP contribution in [0.3, 0.4) is 0 Å². The van der Waals surface area contributed by atoms with Crippen LogP contribution >= 0.6 is 0 Å². The zero-order valence-corrected chi connectivity index (χ0v) is 19.4. The van der Waals surface area contributed by atoms with Crippen molar-refractivity contribution < 1.29 is 12.4 Å². The van der Waals surface area contributed by atoms with E-state index in [1.54, 1.807) is 0 Å². The molecule has 0 bridgehead atoms. The van der Waals surface area contributed by atoms with E-state index in [2.05, 4.69) is 25.7 Å². The van der Waals surface area contributed by atoms with Crippen LogP contribution in [-0.2, 0) is 0 Å². The molecule has 0 radical (unpaired) electrons. The summed E-state index contributed by atoms with van der Waals surface area (Å²) in [6.45, 7) is 11.0. The molecule has 0 atom stereocenters. The fourth-order valence-electron chi connectivity index (χ4n) is 3.68. The van der Waals surface area contributed by atoms with Crippen LogP contribution in [0.25, 0.3) is 0 Å². The van der Waals surface area contributed by atoms with Crippen LogP contribution in [0, 0.1) is 0 Å². The summed E-state index contributed by atoms with van der Waals surface area (Å²) in [6.07, 6.45) is 25.7. The molecule has 0 amide bonds. The Bertz CT molecular complexity index is 194. The normalized spacial score (nSPS) is 11.1. The smallest absolute Gasteiger partial charge is 0.00187 e. The molecule has 0 aromatic rings. The van der Waals surface area contributed by atoms with Crippen LogP contribution in [0.2, 0.25) is 0 Å². The summed E-state index contributed by atoms with van der Waals surface area (Å²) in [5, 5.41) is 0. The first-order valence-corrected chi connectivity index (χ1v) is 12.1. The van der Waals surface area contributed by atoms with Crippen LogP contribution in [-0.4, -0.2) is 24.5 Å². The molecule has 0 aliphatic rings. The highest BCUT2D eigenvalue weighted by molar-refractivity contribution is 4.60. The lowest BCUT2D eigenvalue weighted by molar-refractivity contribution is -0.00000570. The van der Waals surface area contributed by atoms with Gasteiger partial charge in [-0.2, -0.15) is 0 Å². The molecule has 2 heteroatoms. The monoisotopic (exact) mass is 388 g/mol. The van der Waals surface area contributed by atoms with Gasteiger partial charge in [0, 0.05) is 0 Å². The van der Waals surface area contributed by atoms with Gasteiger partial charge >= 0.3 is 0 Å². The Balaban J connectivity index is 0. The van der Waals surface area contributed by atoms with Crippen LogP contribution < -0.4 is 12.4 Å². The predicted molar refractivity (Wildman–Crippen MR) is 117 cm³/mol. The molecule has 0 rings (SSSR count). The number of hydrogen-bond acceptors (Lipinski definition) is 1. The average Bonchev–Trinajstić information content (AvgIpc) is 2.63. The molecule has 1 nitrogen and oxygen atoms in total. The van der Waals surface area contributed by atoms with E-state index >= 15 is 0 Å². The first kappa shape index (κ1) is 28.5. The molecule has 0 saturated carbocycles. The third-order valence-electron chi connectivity index (χ3n) is 5.48. The first-order chi connectivity index (χ1) is 12.3. The van der Waals surface area contributed by atoms with Crippen molar-refractivity contribution in [3.63, 3.8) is 0 Å². The highest BCUT2D eigenvalue weighted by Crippen LogP contribution is 2.11. The third-order valence-corrected chi connectivity index (χ3v) is 5.48. The van der Waals surface area contributed by atoms with Crippen molar-refractivity contribution >= 4 is 0 Å². The van der Waals surface area contributed by atoms with E-state index in [1.165, 1.54) is 135 Å². The Morgan fingerprint density at radius 2 is 0.577 bits per heavy atom. The quantitative estimate of drug-likeness (QED) is 0.239. The molecule has 26 heavy (non-hydrogen) atoms. The minimum Gasteiger partial charge on any atom is -1.00 e. The van der Waals surface area contributed by atoms with Gasteiger partial charge in [0.2, 0.25) is 0 Å². The van der Waals surface area contributed by atoms with Gasteiger partial charge < -0.3 is 17.3 Å². The lowest BCUT2D eigenvalue weighted by Gasteiger charge is -2.22.